The molecule has 1 saturated heterocycles. The van der Waals surface area contributed by atoms with Crippen LogP contribution >= 0.6 is 0 Å². The van der Waals surface area contributed by atoms with Gasteiger partial charge in [0.1, 0.15) is 0 Å². The van der Waals surface area contributed by atoms with Crippen LogP contribution in [0.4, 0.5) is 5.69 Å². The number of ether oxygens (including phenoxy) is 1. The van der Waals surface area contributed by atoms with Crippen molar-refractivity contribution in [3.8, 4) is 0 Å². The monoisotopic (exact) mass is 265 g/mol. The Balaban J connectivity index is 2.16. The molecule has 2 rings (SSSR count). The maximum Gasteiger partial charge on any atom is 0.0988 e. The highest BCUT2D eigenvalue weighted by molar-refractivity contribution is 5.48. The third-order valence-corrected chi connectivity index (χ3v) is 3.43. The highest BCUT2D eigenvalue weighted by atomic mass is 16.5. The predicted octanol–water partition coefficient (Wildman–Crippen LogP) is 1.72. The van der Waals surface area contributed by atoms with Crippen LogP contribution in [0.25, 0.3) is 0 Å². The van der Waals surface area contributed by atoms with Crippen LogP contribution < -0.4 is 4.90 Å². The molecule has 4 nitrogen and oxygen atoms in total. The fraction of sp³-hybridized carbons (Fsp3) is 0.600. The second-order valence-corrected chi connectivity index (χ2v) is 5.83. The van der Waals surface area contributed by atoms with E-state index in [-0.39, 0.29) is 18.3 Å². The van der Waals surface area contributed by atoms with Crippen LogP contribution in [0.3, 0.4) is 0 Å². The standard InChI is InChI=1S/C15H23NO3/c1-11(18)12-4-6-13(7-5-12)16-8-14(9-17)19-15(2,3)10-16/h4-7,11,14,17-18H,8-10H2,1-3H3. The van der Waals surface area contributed by atoms with E-state index < -0.39 is 6.10 Å². The van der Waals surface area contributed by atoms with Crippen LogP contribution in [0.1, 0.15) is 32.4 Å². The van der Waals surface area contributed by atoms with E-state index in [1.165, 1.54) is 0 Å². The van der Waals surface area contributed by atoms with Crippen molar-refractivity contribution in [3.05, 3.63) is 29.8 Å². The molecule has 4 heteroatoms. The second-order valence-electron chi connectivity index (χ2n) is 5.83. The molecule has 0 bridgehead atoms. The van der Waals surface area contributed by atoms with E-state index in [1.54, 1.807) is 6.92 Å². The molecule has 0 spiro atoms. The Hall–Kier alpha value is -1.10. The average Bonchev–Trinajstić information content (AvgIpc) is 2.37. The fourth-order valence-corrected chi connectivity index (χ4v) is 2.55. The van der Waals surface area contributed by atoms with Crippen molar-refractivity contribution >= 4 is 5.69 Å². The summed E-state index contributed by atoms with van der Waals surface area (Å²) in [5.74, 6) is 0. The molecule has 1 heterocycles. The Morgan fingerprint density at radius 3 is 2.53 bits per heavy atom. The summed E-state index contributed by atoms with van der Waals surface area (Å²) in [6.45, 7) is 7.34. The van der Waals surface area contributed by atoms with Gasteiger partial charge in [-0.2, -0.15) is 0 Å². The summed E-state index contributed by atoms with van der Waals surface area (Å²) in [5, 5.41) is 18.8. The average molecular weight is 265 g/mol. The summed E-state index contributed by atoms with van der Waals surface area (Å²) in [7, 11) is 0. The van der Waals surface area contributed by atoms with Crippen LogP contribution in [-0.4, -0.2) is 41.6 Å². The topological polar surface area (TPSA) is 52.9 Å². The Morgan fingerprint density at radius 1 is 1.37 bits per heavy atom. The maximum absolute atomic E-state index is 9.52. The molecule has 0 radical (unpaired) electrons. The van der Waals surface area contributed by atoms with Crippen molar-refractivity contribution in [1.29, 1.82) is 0 Å². The molecule has 1 aliphatic rings. The molecule has 2 N–H and O–H groups in total. The first-order chi connectivity index (χ1) is 8.91. The third-order valence-electron chi connectivity index (χ3n) is 3.43. The SMILES string of the molecule is CC(O)c1ccc(N2CC(CO)OC(C)(C)C2)cc1. The van der Waals surface area contributed by atoms with Crippen LogP contribution in [-0.2, 0) is 4.74 Å². The Kier molecular flexibility index (Phi) is 4.13. The van der Waals surface area contributed by atoms with Gasteiger partial charge in [-0.25, -0.2) is 0 Å². The van der Waals surface area contributed by atoms with E-state index in [2.05, 4.69) is 4.90 Å². The molecule has 106 valence electrons. The molecule has 19 heavy (non-hydrogen) atoms. The quantitative estimate of drug-likeness (QED) is 0.873. The summed E-state index contributed by atoms with van der Waals surface area (Å²) in [4.78, 5) is 2.22. The molecule has 1 aromatic carbocycles. The minimum Gasteiger partial charge on any atom is -0.394 e. The summed E-state index contributed by atoms with van der Waals surface area (Å²) in [6, 6.07) is 7.91. The van der Waals surface area contributed by atoms with Crippen molar-refractivity contribution in [3.63, 3.8) is 0 Å². The summed E-state index contributed by atoms with van der Waals surface area (Å²) in [6.07, 6.45) is -0.597. The van der Waals surface area contributed by atoms with Gasteiger partial charge in [-0.3, -0.25) is 0 Å². The molecule has 1 aromatic rings. The van der Waals surface area contributed by atoms with Crippen molar-refractivity contribution in [2.45, 2.75) is 38.6 Å². The van der Waals surface area contributed by atoms with Gasteiger partial charge < -0.3 is 19.8 Å². The molecular formula is C15H23NO3. The zero-order valence-corrected chi connectivity index (χ0v) is 11.8. The van der Waals surface area contributed by atoms with Gasteiger partial charge in [0.05, 0.1) is 24.4 Å². The molecule has 0 saturated carbocycles. The van der Waals surface area contributed by atoms with Crippen LogP contribution in [0.2, 0.25) is 0 Å². The molecule has 1 aliphatic heterocycles. The highest BCUT2D eigenvalue weighted by Gasteiger charge is 2.33. The number of anilines is 1. The van der Waals surface area contributed by atoms with Gasteiger partial charge in [0.15, 0.2) is 0 Å². The first kappa shape index (κ1) is 14.3. The lowest BCUT2D eigenvalue weighted by molar-refractivity contribution is -0.101. The van der Waals surface area contributed by atoms with Crippen molar-refractivity contribution < 1.29 is 14.9 Å². The van der Waals surface area contributed by atoms with Gasteiger partial charge in [0.2, 0.25) is 0 Å². The molecule has 0 aliphatic carbocycles. The van der Waals surface area contributed by atoms with Crippen LogP contribution in [0, 0.1) is 0 Å². The molecule has 0 amide bonds. The Morgan fingerprint density at radius 2 is 2.00 bits per heavy atom. The normalized spacial score (nSPS) is 24.3. The van der Waals surface area contributed by atoms with Gasteiger partial charge in [-0.1, -0.05) is 12.1 Å². The number of hydrogen-bond donors (Lipinski definition) is 2. The third kappa shape index (κ3) is 3.47. The first-order valence-corrected chi connectivity index (χ1v) is 6.73. The fourth-order valence-electron chi connectivity index (χ4n) is 2.55. The molecule has 2 unspecified atom stereocenters. The number of hydrogen-bond acceptors (Lipinski definition) is 4. The van der Waals surface area contributed by atoms with Gasteiger partial charge in [-0.05, 0) is 38.5 Å². The maximum atomic E-state index is 9.52. The van der Waals surface area contributed by atoms with Gasteiger partial charge in [0, 0.05) is 18.8 Å². The second kappa shape index (κ2) is 5.49. The van der Waals surface area contributed by atoms with E-state index in [0.717, 1.165) is 17.8 Å². The van der Waals surface area contributed by atoms with E-state index in [1.807, 2.05) is 38.1 Å². The number of aliphatic hydroxyl groups is 2. The van der Waals surface area contributed by atoms with E-state index in [4.69, 9.17) is 4.74 Å². The zero-order valence-electron chi connectivity index (χ0n) is 11.8. The predicted molar refractivity (Wildman–Crippen MR) is 75.3 cm³/mol. The molecule has 0 aromatic heterocycles. The Bertz CT molecular complexity index is 414. The molecule has 1 fully saturated rings. The van der Waals surface area contributed by atoms with Crippen molar-refractivity contribution in [2.75, 3.05) is 24.6 Å². The zero-order chi connectivity index (χ0) is 14.0. The van der Waals surface area contributed by atoms with Gasteiger partial charge in [-0.15, -0.1) is 0 Å². The summed E-state index contributed by atoms with van der Waals surface area (Å²) >= 11 is 0. The lowest BCUT2D eigenvalue weighted by Gasteiger charge is -2.43. The first-order valence-electron chi connectivity index (χ1n) is 6.73. The van der Waals surface area contributed by atoms with Crippen molar-refractivity contribution in [1.82, 2.24) is 0 Å². The number of aliphatic hydroxyl groups excluding tert-OH is 2. The summed E-state index contributed by atoms with van der Waals surface area (Å²) < 4.78 is 5.80. The lowest BCUT2D eigenvalue weighted by atomic mass is 10.0. The van der Waals surface area contributed by atoms with E-state index in [9.17, 15) is 10.2 Å². The number of nitrogens with zero attached hydrogens (tertiary/aromatic N) is 1. The van der Waals surface area contributed by atoms with Gasteiger partial charge in [0.25, 0.3) is 0 Å². The lowest BCUT2D eigenvalue weighted by Crippen LogP contribution is -2.54. The minimum atomic E-state index is -0.444. The van der Waals surface area contributed by atoms with E-state index >= 15 is 0 Å². The highest BCUT2D eigenvalue weighted by Crippen LogP contribution is 2.27. The Labute approximate surface area is 114 Å². The number of morpholine rings is 1. The van der Waals surface area contributed by atoms with E-state index in [0.29, 0.717) is 6.54 Å². The smallest absolute Gasteiger partial charge is 0.0988 e. The number of benzene rings is 1. The largest absolute Gasteiger partial charge is 0.394 e. The molecule has 2 atom stereocenters. The molecular weight excluding hydrogens is 242 g/mol. The van der Waals surface area contributed by atoms with Crippen molar-refractivity contribution in [2.24, 2.45) is 0 Å². The minimum absolute atomic E-state index is 0.0334. The summed E-state index contributed by atoms with van der Waals surface area (Å²) in [5.41, 5.74) is 1.74. The van der Waals surface area contributed by atoms with Crippen LogP contribution in [0.5, 0.6) is 0 Å². The van der Waals surface area contributed by atoms with Gasteiger partial charge >= 0.3 is 0 Å². The number of rotatable bonds is 3. The van der Waals surface area contributed by atoms with Crippen LogP contribution in [0.15, 0.2) is 24.3 Å².